The summed E-state index contributed by atoms with van der Waals surface area (Å²) >= 11 is 5.50. The van der Waals surface area contributed by atoms with Crippen LogP contribution in [0.1, 0.15) is 35.8 Å². The maximum absolute atomic E-state index is 14.7. The van der Waals surface area contributed by atoms with Gasteiger partial charge in [-0.1, -0.05) is 18.3 Å². The summed E-state index contributed by atoms with van der Waals surface area (Å²) in [6.45, 7) is 4.59. The Balaban J connectivity index is 1.35. The lowest BCUT2D eigenvalue weighted by molar-refractivity contribution is 0.0957. The first kappa shape index (κ1) is 22.7. The highest BCUT2D eigenvalue weighted by Gasteiger charge is 2.40. The molecule has 178 valence electrons. The zero-order valence-electron chi connectivity index (χ0n) is 19.2. The molecule has 0 saturated carbocycles. The zero-order valence-corrected chi connectivity index (χ0v) is 20.0. The van der Waals surface area contributed by atoms with Crippen molar-refractivity contribution in [3.05, 3.63) is 62.7 Å². The van der Waals surface area contributed by atoms with Gasteiger partial charge in [-0.05, 0) is 49.6 Å². The van der Waals surface area contributed by atoms with Crippen LogP contribution in [0.4, 0.5) is 10.1 Å². The molecule has 8 nitrogen and oxygen atoms in total. The summed E-state index contributed by atoms with van der Waals surface area (Å²) < 4.78 is 16.8. The minimum absolute atomic E-state index is 0.0754. The predicted octanol–water partition coefficient (Wildman–Crippen LogP) is 2.83. The van der Waals surface area contributed by atoms with Gasteiger partial charge < -0.3 is 15.2 Å². The number of hydrogen-bond acceptors (Lipinski definition) is 6. The first-order chi connectivity index (χ1) is 16.4. The van der Waals surface area contributed by atoms with Gasteiger partial charge in [0.25, 0.3) is 5.91 Å². The van der Waals surface area contributed by atoms with Crippen LogP contribution >= 0.6 is 12.2 Å². The van der Waals surface area contributed by atoms with E-state index in [0.717, 1.165) is 35.9 Å². The quantitative estimate of drug-likeness (QED) is 0.430. The summed E-state index contributed by atoms with van der Waals surface area (Å²) in [5.74, 6) is -1.02. The van der Waals surface area contributed by atoms with Gasteiger partial charge in [0, 0.05) is 50.7 Å². The van der Waals surface area contributed by atoms with Gasteiger partial charge in [-0.2, -0.15) is 4.39 Å². The third kappa shape index (κ3) is 3.90. The van der Waals surface area contributed by atoms with E-state index in [0.29, 0.717) is 42.0 Å². The van der Waals surface area contributed by atoms with Crippen LogP contribution < -0.4 is 15.9 Å². The van der Waals surface area contributed by atoms with Gasteiger partial charge in [-0.15, -0.1) is 0 Å². The molecule has 2 saturated heterocycles. The van der Waals surface area contributed by atoms with Crippen molar-refractivity contribution in [3.63, 3.8) is 0 Å². The molecule has 2 atom stereocenters. The number of rotatable bonds is 5. The van der Waals surface area contributed by atoms with Crippen molar-refractivity contribution in [1.82, 2.24) is 24.8 Å². The van der Waals surface area contributed by atoms with E-state index in [1.165, 1.54) is 7.05 Å². The second-order valence-corrected chi connectivity index (χ2v) is 9.29. The monoisotopic (exact) mass is 482 g/mol. The van der Waals surface area contributed by atoms with Crippen LogP contribution in [-0.4, -0.2) is 57.6 Å². The number of nitrogens with one attached hydrogen (secondary N) is 2. The number of benzene rings is 1. The van der Waals surface area contributed by atoms with Crippen LogP contribution in [-0.2, 0) is 13.1 Å². The Hall–Kier alpha value is -3.11. The van der Waals surface area contributed by atoms with E-state index >= 15 is 0 Å². The molecule has 0 aliphatic carbocycles. The van der Waals surface area contributed by atoms with Crippen molar-refractivity contribution in [2.24, 2.45) is 0 Å². The summed E-state index contributed by atoms with van der Waals surface area (Å²) in [7, 11) is 1.50. The number of H-pyrrole nitrogens is 1. The number of fused-ring (bicyclic) bond motifs is 3. The van der Waals surface area contributed by atoms with Crippen molar-refractivity contribution < 1.29 is 9.18 Å². The van der Waals surface area contributed by atoms with Crippen molar-refractivity contribution in [2.75, 3.05) is 25.0 Å². The van der Waals surface area contributed by atoms with Crippen molar-refractivity contribution in [3.8, 4) is 0 Å². The molecule has 4 heterocycles. The fraction of sp³-hybridized carbons (Fsp3) is 0.417. The molecule has 2 fully saturated rings. The summed E-state index contributed by atoms with van der Waals surface area (Å²) in [4.78, 5) is 35.4. The SMILES string of the molecule is CCn1c(=O)[nH]c2cc(CN3C4CCC3CN(c3ccc(C(=O)NC)nc3F)C4)ccc2c1=S. The van der Waals surface area contributed by atoms with Crippen LogP contribution in [0.25, 0.3) is 10.9 Å². The number of aromatic nitrogens is 3. The Morgan fingerprint density at radius 3 is 2.62 bits per heavy atom. The Morgan fingerprint density at radius 1 is 1.24 bits per heavy atom. The molecular formula is C24H27FN6O2S. The number of halogens is 1. The number of anilines is 1. The number of pyridine rings is 1. The second kappa shape index (κ2) is 8.92. The van der Waals surface area contributed by atoms with Crippen LogP contribution in [0.3, 0.4) is 0 Å². The van der Waals surface area contributed by atoms with E-state index in [4.69, 9.17) is 12.2 Å². The third-order valence-electron chi connectivity index (χ3n) is 6.99. The standard InChI is InChI=1S/C24H27FN6O2S/c1-3-30-23(34)17-7-4-14(10-19(17)28-24(30)33)11-31-15-5-6-16(31)13-29(12-15)20-9-8-18(22(32)26-2)27-21(20)25/h4,7-10,15-16H,3,5-6,11-13H2,1-2H3,(H,26,32)(H,28,33). The fourth-order valence-electron chi connectivity index (χ4n) is 5.26. The van der Waals surface area contributed by atoms with Gasteiger partial charge >= 0.3 is 5.69 Å². The molecule has 2 N–H and O–H groups in total. The maximum Gasteiger partial charge on any atom is 0.326 e. The molecule has 2 aliphatic heterocycles. The summed E-state index contributed by atoms with van der Waals surface area (Å²) in [6, 6.07) is 9.87. The molecule has 3 aromatic rings. The van der Waals surface area contributed by atoms with Gasteiger partial charge in [-0.25, -0.2) is 9.78 Å². The number of carbonyl (C=O) groups excluding carboxylic acids is 1. The first-order valence-electron chi connectivity index (χ1n) is 11.5. The molecule has 1 amide bonds. The first-order valence-corrected chi connectivity index (χ1v) is 12.0. The van der Waals surface area contributed by atoms with E-state index in [-0.39, 0.29) is 11.4 Å². The topological polar surface area (TPSA) is 86.3 Å². The van der Waals surface area contributed by atoms with Crippen LogP contribution in [0.2, 0.25) is 0 Å². The fourth-order valence-corrected chi connectivity index (χ4v) is 5.65. The molecule has 2 bridgehead atoms. The Morgan fingerprint density at radius 2 is 1.97 bits per heavy atom. The van der Waals surface area contributed by atoms with Gasteiger partial charge in [0.2, 0.25) is 5.95 Å². The number of hydrogen-bond donors (Lipinski definition) is 2. The lowest BCUT2D eigenvalue weighted by Gasteiger charge is -2.42. The molecule has 0 radical (unpaired) electrons. The number of aromatic amines is 1. The normalized spacial score (nSPS) is 20.1. The lowest BCUT2D eigenvalue weighted by Crippen LogP contribution is -2.53. The zero-order chi connectivity index (χ0) is 24.0. The molecule has 2 unspecified atom stereocenters. The van der Waals surface area contributed by atoms with Crippen LogP contribution in [0.15, 0.2) is 35.1 Å². The average molecular weight is 483 g/mol. The van der Waals surface area contributed by atoms with E-state index in [1.54, 1.807) is 16.7 Å². The summed E-state index contributed by atoms with van der Waals surface area (Å²) in [5.41, 5.74) is 2.19. The summed E-state index contributed by atoms with van der Waals surface area (Å²) in [5, 5.41) is 3.34. The van der Waals surface area contributed by atoms with E-state index in [2.05, 4.69) is 26.3 Å². The molecule has 2 aromatic heterocycles. The average Bonchev–Trinajstić information content (AvgIpc) is 3.05. The molecule has 0 spiro atoms. The van der Waals surface area contributed by atoms with E-state index in [1.807, 2.05) is 24.0 Å². The van der Waals surface area contributed by atoms with Gasteiger partial charge in [0.1, 0.15) is 10.3 Å². The number of amides is 1. The molecule has 10 heteroatoms. The number of piperazine rings is 1. The largest absolute Gasteiger partial charge is 0.365 e. The van der Waals surface area contributed by atoms with Gasteiger partial charge in [0.05, 0.1) is 11.2 Å². The summed E-state index contributed by atoms with van der Waals surface area (Å²) in [6.07, 6.45) is 2.09. The molecule has 5 rings (SSSR count). The third-order valence-corrected chi connectivity index (χ3v) is 7.43. The van der Waals surface area contributed by atoms with E-state index in [9.17, 15) is 14.0 Å². The minimum Gasteiger partial charge on any atom is -0.365 e. The van der Waals surface area contributed by atoms with Crippen LogP contribution in [0.5, 0.6) is 0 Å². The van der Waals surface area contributed by atoms with Gasteiger partial charge in [-0.3, -0.25) is 14.3 Å². The smallest absolute Gasteiger partial charge is 0.326 e. The Bertz CT molecular complexity index is 1370. The molecule has 2 aliphatic rings. The highest BCUT2D eigenvalue weighted by atomic mass is 32.1. The molecule has 1 aromatic carbocycles. The van der Waals surface area contributed by atoms with E-state index < -0.39 is 11.9 Å². The second-order valence-electron chi connectivity index (χ2n) is 8.91. The maximum atomic E-state index is 14.7. The lowest BCUT2D eigenvalue weighted by atomic mass is 10.1. The van der Waals surface area contributed by atoms with Crippen molar-refractivity contribution in [1.29, 1.82) is 0 Å². The minimum atomic E-state index is -0.614. The highest BCUT2D eigenvalue weighted by Crippen LogP contribution is 2.34. The number of nitrogens with zero attached hydrogens (tertiary/aromatic N) is 4. The number of carbonyl (C=O) groups is 1. The molecular weight excluding hydrogens is 455 g/mol. The Kier molecular flexibility index (Phi) is 5.95. The predicted molar refractivity (Wildman–Crippen MR) is 131 cm³/mol. The Labute approximate surface area is 201 Å². The van der Waals surface area contributed by atoms with Crippen molar-refractivity contribution in [2.45, 2.75) is 44.9 Å². The highest BCUT2D eigenvalue weighted by molar-refractivity contribution is 7.71. The van der Waals surface area contributed by atoms with Crippen LogP contribution in [0, 0.1) is 10.6 Å². The van der Waals surface area contributed by atoms with Crippen molar-refractivity contribution >= 4 is 34.7 Å². The van der Waals surface area contributed by atoms with Gasteiger partial charge in [0.15, 0.2) is 0 Å². The molecule has 34 heavy (non-hydrogen) atoms.